The lowest BCUT2D eigenvalue weighted by Gasteiger charge is -2.26. The van der Waals surface area contributed by atoms with Crippen molar-refractivity contribution in [2.24, 2.45) is 0 Å². The molecule has 2 N–H and O–H groups in total. The van der Waals surface area contributed by atoms with Crippen LogP contribution in [0.2, 0.25) is 0 Å². The number of aromatic nitrogens is 1. The van der Waals surface area contributed by atoms with Crippen molar-refractivity contribution in [2.45, 2.75) is 6.18 Å². The van der Waals surface area contributed by atoms with Crippen LogP contribution >= 0.6 is 0 Å². The maximum atomic E-state index is 12.9. The Hall–Kier alpha value is -4.51. The molecule has 1 aliphatic heterocycles. The number of pyridine rings is 1. The van der Waals surface area contributed by atoms with Gasteiger partial charge in [-0.15, -0.1) is 0 Å². The van der Waals surface area contributed by atoms with Crippen LogP contribution in [0.4, 0.5) is 24.7 Å². The molecular weight excluding hydrogens is 501 g/mol. The van der Waals surface area contributed by atoms with E-state index >= 15 is 0 Å². The molecule has 0 unspecified atom stereocenters. The molecule has 3 amide bonds. The number of nitrogens with one attached hydrogen (secondary N) is 2. The van der Waals surface area contributed by atoms with Crippen LogP contribution < -0.4 is 10.6 Å². The van der Waals surface area contributed by atoms with Crippen molar-refractivity contribution in [3.05, 3.63) is 95.2 Å². The smallest absolute Gasteiger partial charge is 0.378 e. The molecule has 4 rings (SSSR count). The highest BCUT2D eigenvalue weighted by atomic mass is 19.4. The van der Waals surface area contributed by atoms with Crippen LogP contribution in [0, 0.1) is 0 Å². The van der Waals surface area contributed by atoms with E-state index in [2.05, 4.69) is 15.6 Å². The number of hydrogen-bond donors (Lipinski definition) is 2. The van der Waals surface area contributed by atoms with Gasteiger partial charge in [0.15, 0.2) is 0 Å². The number of benzene rings is 2. The standard InChI is InChI=1S/C27H23F3N4O4/c28-27(29,30)21-5-2-6-22(16-21)32-25(36)19-4-1-3-18(15-19)7-10-24(35)33-23-9-8-20(17-31-23)26(37)34-11-13-38-14-12-34/h1-10,15-17H,11-14H2,(H,32,36)(H,31,33,35)/b10-7+. The van der Waals surface area contributed by atoms with Crippen LogP contribution in [0.25, 0.3) is 6.08 Å². The molecule has 1 aliphatic rings. The maximum Gasteiger partial charge on any atom is 0.416 e. The fraction of sp³-hybridized carbons (Fsp3) is 0.185. The zero-order chi connectivity index (χ0) is 27.1. The summed E-state index contributed by atoms with van der Waals surface area (Å²) in [5.41, 5.74) is 0.269. The lowest BCUT2D eigenvalue weighted by atomic mass is 10.1. The molecule has 0 saturated carbocycles. The molecule has 38 heavy (non-hydrogen) atoms. The quantitative estimate of drug-likeness (QED) is 0.464. The Balaban J connectivity index is 1.34. The first kappa shape index (κ1) is 26.6. The predicted molar refractivity (Wildman–Crippen MR) is 134 cm³/mol. The van der Waals surface area contributed by atoms with E-state index in [4.69, 9.17) is 4.74 Å². The molecule has 1 fully saturated rings. The molecule has 2 heterocycles. The normalized spacial score (nSPS) is 13.8. The first-order valence-corrected chi connectivity index (χ1v) is 11.6. The molecule has 2 aromatic carbocycles. The zero-order valence-corrected chi connectivity index (χ0v) is 20.0. The van der Waals surface area contributed by atoms with Crippen molar-refractivity contribution in [1.82, 2.24) is 9.88 Å². The highest BCUT2D eigenvalue weighted by Crippen LogP contribution is 2.30. The number of halogens is 3. The molecule has 0 atom stereocenters. The van der Waals surface area contributed by atoms with Crippen molar-refractivity contribution in [2.75, 3.05) is 36.9 Å². The third kappa shape index (κ3) is 7.04. The Labute approximate surface area is 216 Å². The van der Waals surface area contributed by atoms with Crippen molar-refractivity contribution < 1.29 is 32.3 Å². The summed E-state index contributed by atoms with van der Waals surface area (Å²) < 4.78 is 44.0. The molecule has 0 spiro atoms. The number of amides is 3. The fourth-order valence-electron chi connectivity index (χ4n) is 3.64. The summed E-state index contributed by atoms with van der Waals surface area (Å²) in [5, 5.41) is 5.04. The summed E-state index contributed by atoms with van der Waals surface area (Å²) in [7, 11) is 0. The van der Waals surface area contributed by atoms with Crippen LogP contribution in [-0.2, 0) is 15.7 Å². The van der Waals surface area contributed by atoms with Crippen molar-refractivity contribution in [3.63, 3.8) is 0 Å². The highest BCUT2D eigenvalue weighted by molar-refractivity contribution is 6.05. The molecule has 8 nitrogen and oxygen atoms in total. The van der Waals surface area contributed by atoms with E-state index in [-0.39, 0.29) is 23.0 Å². The molecule has 196 valence electrons. The third-order valence-corrected chi connectivity index (χ3v) is 5.58. The minimum absolute atomic E-state index is 0.00955. The van der Waals surface area contributed by atoms with Gasteiger partial charge in [-0.2, -0.15) is 13.2 Å². The first-order chi connectivity index (χ1) is 18.2. The molecule has 1 saturated heterocycles. The Kier molecular flexibility index (Phi) is 8.17. The zero-order valence-electron chi connectivity index (χ0n) is 20.0. The van der Waals surface area contributed by atoms with Crippen LogP contribution in [-0.4, -0.2) is 53.9 Å². The topological polar surface area (TPSA) is 101 Å². The number of morpholine rings is 1. The third-order valence-electron chi connectivity index (χ3n) is 5.58. The van der Waals surface area contributed by atoms with Crippen LogP contribution in [0.3, 0.4) is 0 Å². The Bertz CT molecular complexity index is 1350. The maximum absolute atomic E-state index is 12.9. The summed E-state index contributed by atoms with van der Waals surface area (Å²) in [4.78, 5) is 43.2. The lowest BCUT2D eigenvalue weighted by Crippen LogP contribution is -2.40. The van der Waals surface area contributed by atoms with Gasteiger partial charge in [0.2, 0.25) is 5.91 Å². The Morgan fingerprint density at radius 2 is 1.68 bits per heavy atom. The molecule has 0 radical (unpaired) electrons. The van der Waals surface area contributed by atoms with Gasteiger partial charge in [-0.25, -0.2) is 4.98 Å². The second-order valence-electron chi connectivity index (χ2n) is 8.32. The summed E-state index contributed by atoms with van der Waals surface area (Å²) in [6.07, 6.45) is -0.404. The van der Waals surface area contributed by atoms with Crippen LogP contribution in [0.1, 0.15) is 31.8 Å². The van der Waals surface area contributed by atoms with Crippen molar-refractivity contribution in [1.29, 1.82) is 0 Å². The number of anilines is 2. The van der Waals surface area contributed by atoms with E-state index in [9.17, 15) is 27.6 Å². The molecule has 0 bridgehead atoms. The second-order valence-corrected chi connectivity index (χ2v) is 8.32. The number of nitrogens with zero attached hydrogens (tertiary/aromatic N) is 2. The number of hydrogen-bond acceptors (Lipinski definition) is 5. The average Bonchev–Trinajstić information content (AvgIpc) is 2.92. The van der Waals surface area contributed by atoms with E-state index in [1.54, 1.807) is 23.1 Å². The van der Waals surface area contributed by atoms with Crippen molar-refractivity contribution in [3.8, 4) is 0 Å². The Morgan fingerprint density at radius 3 is 2.39 bits per heavy atom. The summed E-state index contributed by atoms with van der Waals surface area (Å²) >= 11 is 0. The first-order valence-electron chi connectivity index (χ1n) is 11.6. The highest BCUT2D eigenvalue weighted by Gasteiger charge is 2.30. The second kappa shape index (κ2) is 11.7. The lowest BCUT2D eigenvalue weighted by molar-refractivity contribution is -0.137. The minimum atomic E-state index is -4.52. The van der Waals surface area contributed by atoms with Gasteiger partial charge in [0, 0.05) is 36.6 Å². The van der Waals surface area contributed by atoms with Gasteiger partial charge in [0.1, 0.15) is 5.82 Å². The minimum Gasteiger partial charge on any atom is -0.378 e. The van der Waals surface area contributed by atoms with Gasteiger partial charge in [-0.1, -0.05) is 18.2 Å². The van der Waals surface area contributed by atoms with E-state index in [1.165, 1.54) is 48.7 Å². The summed E-state index contributed by atoms with van der Waals surface area (Å²) in [5.74, 6) is -0.980. The van der Waals surface area contributed by atoms with Gasteiger partial charge in [0.25, 0.3) is 11.8 Å². The molecule has 1 aromatic heterocycles. The molecule has 0 aliphatic carbocycles. The number of carbonyl (C=O) groups is 3. The Morgan fingerprint density at radius 1 is 0.921 bits per heavy atom. The fourth-order valence-corrected chi connectivity index (χ4v) is 3.64. The number of carbonyl (C=O) groups excluding carboxylic acids is 3. The van der Waals surface area contributed by atoms with Crippen LogP contribution in [0.5, 0.6) is 0 Å². The van der Waals surface area contributed by atoms with Crippen LogP contribution in [0.15, 0.2) is 72.9 Å². The number of alkyl halides is 3. The molecular formula is C27H23F3N4O4. The number of ether oxygens (including phenoxy) is 1. The molecule has 3 aromatic rings. The van der Waals surface area contributed by atoms with Gasteiger partial charge in [0.05, 0.1) is 24.3 Å². The summed E-state index contributed by atoms with van der Waals surface area (Å²) in [6.45, 7) is 2.00. The predicted octanol–water partition coefficient (Wildman–Crippen LogP) is 4.48. The summed E-state index contributed by atoms with van der Waals surface area (Å²) in [6, 6.07) is 13.7. The van der Waals surface area contributed by atoms with E-state index in [1.807, 2.05) is 0 Å². The SMILES string of the molecule is O=C(/C=C/c1cccc(C(=O)Nc2cccc(C(F)(F)F)c2)c1)Nc1ccc(C(=O)N2CCOCC2)cn1. The van der Waals surface area contributed by atoms with Gasteiger partial charge >= 0.3 is 6.18 Å². The monoisotopic (exact) mass is 524 g/mol. The molecule has 11 heteroatoms. The van der Waals surface area contributed by atoms with E-state index in [0.717, 1.165) is 12.1 Å². The van der Waals surface area contributed by atoms with E-state index in [0.29, 0.717) is 37.4 Å². The van der Waals surface area contributed by atoms with E-state index < -0.39 is 23.6 Å². The van der Waals surface area contributed by atoms with Gasteiger partial charge in [-0.3, -0.25) is 14.4 Å². The average molecular weight is 524 g/mol. The number of rotatable bonds is 6. The van der Waals surface area contributed by atoms with Gasteiger partial charge in [-0.05, 0) is 54.1 Å². The van der Waals surface area contributed by atoms with Gasteiger partial charge < -0.3 is 20.3 Å². The largest absolute Gasteiger partial charge is 0.416 e. The van der Waals surface area contributed by atoms with Crippen molar-refractivity contribution >= 4 is 35.3 Å².